The lowest BCUT2D eigenvalue weighted by atomic mass is 9.95. The van der Waals surface area contributed by atoms with Crippen molar-refractivity contribution in [3.05, 3.63) is 106 Å². The maximum absolute atomic E-state index is 14.5. The van der Waals surface area contributed by atoms with Crippen molar-refractivity contribution in [3.63, 3.8) is 0 Å². The minimum absolute atomic E-state index is 0.0157. The highest BCUT2D eigenvalue weighted by atomic mass is 32.2. The number of para-hydroxylation sites is 1. The first kappa shape index (κ1) is 105. The first-order valence-corrected chi connectivity index (χ1v) is 46.4. The Hall–Kier alpha value is -9.72. The van der Waals surface area contributed by atoms with Crippen LogP contribution in [0.1, 0.15) is 140 Å². The van der Waals surface area contributed by atoms with Gasteiger partial charge in [-0.2, -0.15) is 16.8 Å². The van der Waals surface area contributed by atoms with Crippen molar-refractivity contribution < 1.29 is 107 Å². The second-order valence-corrected chi connectivity index (χ2v) is 34.7. The van der Waals surface area contributed by atoms with E-state index in [0.29, 0.717) is 73.9 Å². The van der Waals surface area contributed by atoms with Gasteiger partial charge in [-0.05, 0) is 114 Å². The fourth-order valence-electron chi connectivity index (χ4n) is 12.8. The van der Waals surface area contributed by atoms with E-state index in [0.717, 1.165) is 29.7 Å². The molecule has 6 atom stereocenters. The van der Waals surface area contributed by atoms with Gasteiger partial charge in [-0.25, -0.2) is 4.79 Å². The molecule has 0 aromatic heterocycles. The van der Waals surface area contributed by atoms with Gasteiger partial charge in [0.1, 0.15) is 37.4 Å². The number of carbonyl (C=O) groups excluding carboxylic acids is 11. The van der Waals surface area contributed by atoms with Crippen LogP contribution in [0.25, 0.3) is 11.4 Å². The van der Waals surface area contributed by atoms with E-state index < -0.39 is 142 Å². The van der Waals surface area contributed by atoms with Crippen molar-refractivity contribution in [1.29, 1.82) is 0 Å². The van der Waals surface area contributed by atoms with Gasteiger partial charge in [-0.1, -0.05) is 81.3 Å². The van der Waals surface area contributed by atoms with Crippen LogP contribution in [0.3, 0.4) is 0 Å². The zero-order valence-corrected chi connectivity index (χ0v) is 74.3. The number of nitrogens with zero attached hydrogens (tertiary/aromatic N) is 2. The Morgan fingerprint density at radius 3 is 1.81 bits per heavy atom. The number of ether oxygens (including phenoxy) is 6. The molecular weight excluding hydrogens is 1670 g/mol. The number of hydrogen-bond donors (Lipinski definition) is 17. The molecule has 1 aliphatic carbocycles. The highest BCUT2D eigenvalue weighted by Crippen LogP contribution is 2.35. The molecule has 0 spiro atoms. The number of amides is 11. The highest BCUT2D eigenvalue weighted by Gasteiger charge is 2.33. The van der Waals surface area contributed by atoms with Crippen molar-refractivity contribution in [2.75, 3.05) is 147 Å². The van der Waals surface area contributed by atoms with E-state index in [1.165, 1.54) is 4.90 Å². The number of anilines is 2. The Labute approximate surface area is 727 Å². The SMILES string of the molecule is CPC(C)C(=O)OCc1ccc(NC(=O)[C@H](CCCNC(N)=O)NC(=O)[C@@H](NC(=O)[C@@H](CCCCNC(=O)COC2CCCCCC(NCCN(CC(=O)NCCS(=O)(=O)O)CC(=O)NCCS(=O)(=O)O)=C2NN)NC(=O)CCOCCOCCOCCOCCNC(=O)CCC(=O)N2Cc3ccccc3/C(NC(C)C)=C(/N)c3ccccc32)C(C)C)cc1. The van der Waals surface area contributed by atoms with Crippen molar-refractivity contribution in [1.82, 2.24) is 63.5 Å². The number of nitrogens with two attached hydrogens (primary N) is 3. The molecule has 0 radical (unpaired) electrons. The normalized spacial score (nSPS) is 15.3. The predicted octanol–water partition coefficient (Wildman–Crippen LogP) is 0.816. The molecule has 5 rings (SSSR count). The topological polar surface area (TPSA) is 581 Å². The minimum atomic E-state index is -4.39. The first-order chi connectivity index (χ1) is 59.1. The zero-order valence-electron chi connectivity index (χ0n) is 71.6. The first-order valence-electron chi connectivity index (χ1n) is 41.6. The number of unbranched alkanes of at least 4 members (excludes halogenated alkanes) is 1. The van der Waals surface area contributed by atoms with Crippen LogP contribution in [-0.2, 0) is 110 Å². The third-order valence-electron chi connectivity index (χ3n) is 19.4. The second-order valence-electron chi connectivity index (χ2n) is 30.1. The molecule has 124 heavy (non-hydrogen) atoms. The Morgan fingerprint density at radius 1 is 0.597 bits per heavy atom. The number of hydrogen-bond acceptors (Lipinski definition) is 27. The van der Waals surface area contributed by atoms with Gasteiger partial charge in [0.15, 0.2) is 0 Å². The monoisotopic (exact) mass is 1800 g/mol. The summed E-state index contributed by atoms with van der Waals surface area (Å²) in [5, 5.41) is 30.7. The Balaban J connectivity index is 1.12. The molecular formula is C81H128N17O23PS2. The molecule has 3 aromatic rings. The summed E-state index contributed by atoms with van der Waals surface area (Å²) < 4.78 is 97.3. The van der Waals surface area contributed by atoms with Crippen molar-refractivity contribution in [2.24, 2.45) is 23.2 Å². The molecule has 0 saturated carbocycles. The average molecular weight is 1800 g/mol. The lowest BCUT2D eigenvalue weighted by Gasteiger charge is -2.31. The maximum atomic E-state index is 14.5. The average Bonchev–Trinajstić information content (AvgIpc) is 0.771. The van der Waals surface area contributed by atoms with Gasteiger partial charge in [0, 0.05) is 93.6 Å². The molecule has 20 N–H and O–H groups in total. The van der Waals surface area contributed by atoms with Crippen molar-refractivity contribution in [3.8, 4) is 0 Å². The summed E-state index contributed by atoms with van der Waals surface area (Å²) in [4.78, 5) is 149. The van der Waals surface area contributed by atoms with E-state index in [1.54, 1.807) is 49.9 Å². The number of benzene rings is 3. The number of esters is 1. The van der Waals surface area contributed by atoms with Crippen LogP contribution >= 0.6 is 8.58 Å². The van der Waals surface area contributed by atoms with Crippen LogP contribution < -0.4 is 86.1 Å². The summed E-state index contributed by atoms with van der Waals surface area (Å²) in [6.07, 6.45) is 3.02. The summed E-state index contributed by atoms with van der Waals surface area (Å²) in [5.74, 6) is -1.37. The third-order valence-corrected chi connectivity index (χ3v) is 22.0. The fourth-order valence-corrected chi connectivity index (χ4v) is 13.9. The molecule has 43 heteroatoms. The van der Waals surface area contributed by atoms with Crippen LogP contribution in [0.5, 0.6) is 0 Å². The molecule has 3 aromatic carbocycles. The molecule has 0 fully saturated rings. The molecule has 0 bridgehead atoms. The van der Waals surface area contributed by atoms with Gasteiger partial charge in [0.2, 0.25) is 53.2 Å². The minimum Gasteiger partial charge on any atom is -0.460 e. The number of allylic oxidation sites excluding steroid dienone is 1. The van der Waals surface area contributed by atoms with E-state index >= 15 is 0 Å². The van der Waals surface area contributed by atoms with Crippen molar-refractivity contribution >= 4 is 117 Å². The fraction of sp³-hybridized carbons (Fsp3) is 0.593. The van der Waals surface area contributed by atoms with Crippen LogP contribution in [0.2, 0.25) is 0 Å². The predicted molar refractivity (Wildman–Crippen MR) is 467 cm³/mol. The molecule has 40 nitrogen and oxygen atoms in total. The second kappa shape index (κ2) is 57.0. The number of primary amides is 1. The summed E-state index contributed by atoms with van der Waals surface area (Å²) >= 11 is 0. The third kappa shape index (κ3) is 41.8. The lowest BCUT2D eigenvalue weighted by Crippen LogP contribution is -2.57. The van der Waals surface area contributed by atoms with Gasteiger partial charge in [0.25, 0.3) is 20.2 Å². The zero-order chi connectivity index (χ0) is 91.0. The van der Waals surface area contributed by atoms with Crippen LogP contribution in [0.15, 0.2) is 84.2 Å². The Kier molecular flexibility index (Phi) is 48.2. The lowest BCUT2D eigenvalue weighted by molar-refractivity contribution is -0.144. The number of urea groups is 1. The van der Waals surface area contributed by atoms with E-state index in [-0.39, 0.29) is 173 Å². The summed E-state index contributed by atoms with van der Waals surface area (Å²) in [6.45, 7) is 11.2. The standard InChI is InChI=1S/C81H128N17O23PS2/c1-54(2)74(79(107)94-64(22-16-33-90-81(83)109)77(105)92-59-27-25-57(26-28-59)52-121-80(108)56(5)122-6)95-78(106)63(21-14-15-32-86-71(103)53-120-66-24-9-7-8-20-62(76(66)96-84)85-34-38-97(50-69(101)88-36-47-123(110,111)112)51-70(102)89-37-48-124(113,114)115)93-68(100)31-39-116-41-43-118-45-46-119-44-42-117-40-35-87-67(99)29-30-72(104)98-49-58-17-10-11-18-60(58)75(91-55(3)4)73(82)61-19-12-13-23-65(61)98/h10-13,17-19,23,25-28,54-56,63-64,66,74,85,91,96,122H,7-9,14-16,20-22,24,29-53,82,84H2,1-6H3,(H,86,103)(H,87,99)(H,88,101)(H,89,102)(H,92,105)(H,93,100)(H,94,107)(H,95,106)(H3,83,90,109)(H,110,111,112)(H,113,114,115)/b75-73-,76-62?/t56?,63-,64+,66?,74+/m1/s1. The summed E-state index contributed by atoms with van der Waals surface area (Å²) in [5.41, 5.74) is 21.1. The van der Waals surface area contributed by atoms with Crippen LogP contribution in [0, 0.1) is 5.92 Å². The number of carbonyl (C=O) groups is 11. The highest BCUT2D eigenvalue weighted by molar-refractivity contribution is 7.86. The van der Waals surface area contributed by atoms with Gasteiger partial charge in [0.05, 0.1) is 112 Å². The Bertz CT molecular complexity index is 4190. The van der Waals surface area contributed by atoms with Crippen LogP contribution in [-0.4, -0.2) is 268 Å². The van der Waals surface area contributed by atoms with Gasteiger partial charge >= 0.3 is 12.0 Å². The number of hydrazine groups is 1. The smallest absolute Gasteiger partial charge is 0.313 e. The van der Waals surface area contributed by atoms with Gasteiger partial charge in [-0.3, -0.25) is 67.8 Å². The number of rotatable bonds is 59. The molecule has 692 valence electrons. The number of nitrogens with one attached hydrogen (secondary N) is 12. The van der Waals surface area contributed by atoms with E-state index in [2.05, 4.69) is 63.9 Å². The summed E-state index contributed by atoms with van der Waals surface area (Å²) in [7, 11) is -8.42. The van der Waals surface area contributed by atoms with E-state index in [4.69, 9.17) is 54.8 Å². The van der Waals surface area contributed by atoms with E-state index in [1.807, 2.05) is 69.0 Å². The van der Waals surface area contributed by atoms with Crippen LogP contribution in [0.4, 0.5) is 16.2 Å². The van der Waals surface area contributed by atoms with Gasteiger partial charge < -0.3 is 109 Å². The Morgan fingerprint density at radius 2 is 1.19 bits per heavy atom. The quantitative estimate of drug-likeness (QED) is 0.00929. The summed E-state index contributed by atoms with van der Waals surface area (Å²) in [6, 6.07) is 17.4. The molecule has 3 unspecified atom stereocenters. The molecule has 0 saturated heterocycles. The van der Waals surface area contributed by atoms with E-state index in [9.17, 15) is 69.6 Å². The van der Waals surface area contributed by atoms with Crippen molar-refractivity contribution in [2.45, 2.75) is 167 Å². The molecule has 2 aliphatic rings. The van der Waals surface area contributed by atoms with Gasteiger partial charge in [-0.15, -0.1) is 8.58 Å². The largest absolute Gasteiger partial charge is 0.460 e. The maximum Gasteiger partial charge on any atom is 0.313 e. The molecule has 1 heterocycles. The number of fused-ring (bicyclic) bond motifs is 2. The molecule has 11 amide bonds. The molecule has 1 aliphatic heterocycles.